The summed E-state index contributed by atoms with van der Waals surface area (Å²) in [4.78, 5) is 2.12. The largest absolute Gasteiger partial charge is 0.314 e. The van der Waals surface area contributed by atoms with Gasteiger partial charge in [0.2, 0.25) is 0 Å². The van der Waals surface area contributed by atoms with E-state index in [4.69, 9.17) is 0 Å². The van der Waals surface area contributed by atoms with Gasteiger partial charge in [0, 0.05) is 17.6 Å². The molecule has 1 N–H and O–H groups in total. The van der Waals surface area contributed by atoms with Gasteiger partial charge in [-0.1, -0.05) is 24.6 Å². The topological polar surface area (TPSA) is 15.3 Å². The Labute approximate surface area is 109 Å². The maximum Gasteiger partial charge on any atom is 0.127 e. The Bertz CT molecular complexity index is 373. The number of piperidine rings is 1. The number of benzene rings is 1. The number of nitrogens with zero attached hydrogens (tertiary/aromatic N) is 1. The van der Waals surface area contributed by atoms with Crippen LogP contribution in [0, 0.1) is 5.82 Å². The lowest BCUT2D eigenvalue weighted by atomic mass is 9.93. The highest BCUT2D eigenvalue weighted by atomic mass is 19.1. The molecule has 1 heterocycles. The van der Waals surface area contributed by atoms with E-state index in [1.807, 2.05) is 26.2 Å². The van der Waals surface area contributed by atoms with Gasteiger partial charge < -0.3 is 10.2 Å². The van der Waals surface area contributed by atoms with E-state index < -0.39 is 0 Å². The van der Waals surface area contributed by atoms with Crippen molar-refractivity contribution >= 4 is 0 Å². The summed E-state index contributed by atoms with van der Waals surface area (Å²) in [6.07, 6.45) is 4.74. The molecule has 100 valence electrons. The van der Waals surface area contributed by atoms with Gasteiger partial charge >= 0.3 is 0 Å². The molecule has 1 aliphatic rings. The molecule has 18 heavy (non-hydrogen) atoms. The van der Waals surface area contributed by atoms with Gasteiger partial charge in [-0.05, 0) is 46.0 Å². The molecule has 2 atom stereocenters. The lowest BCUT2D eigenvalue weighted by molar-refractivity contribution is 0.235. The fraction of sp³-hybridized carbons (Fsp3) is 0.600. The van der Waals surface area contributed by atoms with E-state index in [1.54, 1.807) is 12.1 Å². The summed E-state index contributed by atoms with van der Waals surface area (Å²) in [7, 11) is 4.06. The average Bonchev–Trinajstić information content (AvgIpc) is 2.38. The van der Waals surface area contributed by atoms with Crippen molar-refractivity contribution in [2.75, 3.05) is 20.6 Å². The summed E-state index contributed by atoms with van der Waals surface area (Å²) in [6, 6.07) is 7.81. The van der Waals surface area contributed by atoms with Crippen molar-refractivity contribution in [3.63, 3.8) is 0 Å². The Morgan fingerprint density at radius 1 is 1.33 bits per heavy atom. The number of rotatable bonds is 4. The molecule has 1 saturated heterocycles. The molecule has 2 nitrogen and oxygen atoms in total. The molecule has 0 spiro atoms. The van der Waals surface area contributed by atoms with Gasteiger partial charge in [-0.2, -0.15) is 0 Å². The van der Waals surface area contributed by atoms with Crippen molar-refractivity contribution in [2.45, 2.75) is 37.8 Å². The summed E-state index contributed by atoms with van der Waals surface area (Å²) in [5, 5.41) is 3.54. The Hall–Kier alpha value is -0.930. The molecule has 3 heteroatoms. The zero-order chi connectivity index (χ0) is 13.0. The monoisotopic (exact) mass is 250 g/mol. The second-order valence-electron chi connectivity index (χ2n) is 5.38. The van der Waals surface area contributed by atoms with Crippen molar-refractivity contribution in [2.24, 2.45) is 0 Å². The predicted octanol–water partition coefficient (Wildman–Crippen LogP) is 2.96. The van der Waals surface area contributed by atoms with Crippen LogP contribution in [-0.4, -0.2) is 31.6 Å². The Morgan fingerprint density at radius 2 is 2.11 bits per heavy atom. The lowest BCUT2D eigenvalue weighted by Gasteiger charge is -2.31. The molecular formula is C15H23FN2. The average molecular weight is 250 g/mol. The van der Waals surface area contributed by atoms with Crippen LogP contribution in [0.1, 0.15) is 37.3 Å². The van der Waals surface area contributed by atoms with E-state index in [0.717, 1.165) is 18.5 Å². The number of nitrogens with one attached hydrogen (secondary N) is 1. The fourth-order valence-electron chi connectivity index (χ4n) is 2.76. The fourth-order valence-corrected chi connectivity index (χ4v) is 2.76. The maximum atomic E-state index is 13.9. The first-order valence-corrected chi connectivity index (χ1v) is 6.82. The van der Waals surface area contributed by atoms with Crippen molar-refractivity contribution in [1.29, 1.82) is 0 Å². The molecule has 1 aliphatic heterocycles. The third-order valence-electron chi connectivity index (χ3n) is 3.81. The molecule has 1 aromatic carbocycles. The smallest absolute Gasteiger partial charge is 0.127 e. The molecule has 2 rings (SSSR count). The van der Waals surface area contributed by atoms with Gasteiger partial charge in [0.1, 0.15) is 5.82 Å². The minimum atomic E-state index is -0.0907. The van der Waals surface area contributed by atoms with Gasteiger partial charge in [-0.3, -0.25) is 0 Å². The number of halogens is 1. The van der Waals surface area contributed by atoms with Crippen LogP contribution in [0.3, 0.4) is 0 Å². The Kier molecular flexibility index (Phi) is 4.72. The molecule has 0 radical (unpaired) electrons. The van der Waals surface area contributed by atoms with Crippen molar-refractivity contribution in [3.05, 3.63) is 35.6 Å². The lowest BCUT2D eigenvalue weighted by Crippen LogP contribution is -2.37. The molecule has 0 saturated carbocycles. The molecule has 2 unspecified atom stereocenters. The van der Waals surface area contributed by atoms with E-state index >= 15 is 0 Å². The second kappa shape index (κ2) is 6.30. The SMILES string of the molecule is CN(C)C(CC1CCCCN1)c1ccccc1F. The highest BCUT2D eigenvalue weighted by molar-refractivity contribution is 5.21. The number of hydrogen-bond donors (Lipinski definition) is 1. The highest BCUT2D eigenvalue weighted by Gasteiger charge is 2.23. The van der Waals surface area contributed by atoms with Crippen molar-refractivity contribution in [3.8, 4) is 0 Å². The van der Waals surface area contributed by atoms with Crippen LogP contribution in [0.2, 0.25) is 0 Å². The summed E-state index contributed by atoms with van der Waals surface area (Å²) in [5.41, 5.74) is 0.815. The standard InChI is InChI=1S/C15H23FN2/c1-18(2)15(11-12-7-5-6-10-17-12)13-8-3-4-9-14(13)16/h3-4,8-9,12,15,17H,5-7,10-11H2,1-2H3. The molecule has 0 amide bonds. The molecule has 0 aromatic heterocycles. The summed E-state index contributed by atoms with van der Waals surface area (Å²) < 4.78 is 13.9. The van der Waals surface area contributed by atoms with E-state index in [9.17, 15) is 4.39 Å². The van der Waals surface area contributed by atoms with Crippen LogP contribution < -0.4 is 5.32 Å². The third-order valence-corrected chi connectivity index (χ3v) is 3.81. The van der Waals surface area contributed by atoms with E-state index in [1.165, 1.54) is 19.3 Å². The van der Waals surface area contributed by atoms with Crippen LogP contribution >= 0.6 is 0 Å². The Balaban J connectivity index is 2.10. The second-order valence-corrected chi connectivity index (χ2v) is 5.38. The first kappa shape index (κ1) is 13.5. The molecule has 0 aliphatic carbocycles. The van der Waals surface area contributed by atoms with Crippen molar-refractivity contribution < 1.29 is 4.39 Å². The molecular weight excluding hydrogens is 227 g/mol. The van der Waals surface area contributed by atoms with Crippen LogP contribution in [-0.2, 0) is 0 Å². The first-order chi connectivity index (χ1) is 8.68. The number of hydrogen-bond acceptors (Lipinski definition) is 2. The van der Waals surface area contributed by atoms with Gasteiger partial charge in [0.25, 0.3) is 0 Å². The minimum absolute atomic E-state index is 0.0907. The third kappa shape index (κ3) is 3.30. The van der Waals surface area contributed by atoms with Gasteiger partial charge in [0.15, 0.2) is 0 Å². The van der Waals surface area contributed by atoms with Crippen LogP contribution in [0.5, 0.6) is 0 Å². The van der Waals surface area contributed by atoms with Gasteiger partial charge in [0.05, 0.1) is 0 Å². The van der Waals surface area contributed by atoms with Crippen LogP contribution in [0.4, 0.5) is 4.39 Å². The van der Waals surface area contributed by atoms with Gasteiger partial charge in [-0.25, -0.2) is 4.39 Å². The van der Waals surface area contributed by atoms with Crippen LogP contribution in [0.15, 0.2) is 24.3 Å². The molecule has 1 aromatic rings. The van der Waals surface area contributed by atoms with E-state index in [2.05, 4.69) is 10.2 Å². The highest BCUT2D eigenvalue weighted by Crippen LogP contribution is 2.27. The predicted molar refractivity (Wildman–Crippen MR) is 73.1 cm³/mol. The quantitative estimate of drug-likeness (QED) is 0.884. The molecule has 0 bridgehead atoms. The van der Waals surface area contributed by atoms with Gasteiger partial charge in [-0.15, -0.1) is 0 Å². The Morgan fingerprint density at radius 3 is 2.72 bits per heavy atom. The zero-order valence-corrected chi connectivity index (χ0v) is 11.3. The van der Waals surface area contributed by atoms with E-state index in [-0.39, 0.29) is 11.9 Å². The van der Waals surface area contributed by atoms with E-state index in [0.29, 0.717) is 6.04 Å². The zero-order valence-electron chi connectivity index (χ0n) is 11.3. The van der Waals surface area contributed by atoms with Crippen LogP contribution in [0.25, 0.3) is 0 Å². The minimum Gasteiger partial charge on any atom is -0.314 e. The summed E-state index contributed by atoms with van der Waals surface area (Å²) in [5.74, 6) is -0.0907. The normalized spacial score (nSPS) is 22.1. The first-order valence-electron chi connectivity index (χ1n) is 6.82. The van der Waals surface area contributed by atoms with Crippen molar-refractivity contribution in [1.82, 2.24) is 10.2 Å². The summed E-state index contributed by atoms with van der Waals surface area (Å²) in [6.45, 7) is 1.10. The molecule has 1 fully saturated rings. The maximum absolute atomic E-state index is 13.9. The summed E-state index contributed by atoms with van der Waals surface area (Å²) >= 11 is 0.